The molecule has 1 aliphatic heterocycles. The van der Waals surface area contributed by atoms with Crippen molar-refractivity contribution in [2.45, 2.75) is 25.3 Å². The van der Waals surface area contributed by atoms with Gasteiger partial charge in [0.15, 0.2) is 5.82 Å². The number of sulfone groups is 1. The van der Waals surface area contributed by atoms with Crippen LogP contribution >= 0.6 is 0 Å². The molecule has 8 nitrogen and oxygen atoms in total. The molecule has 0 aliphatic carbocycles. The minimum atomic E-state index is -3.60. The van der Waals surface area contributed by atoms with Gasteiger partial charge >= 0.3 is 0 Å². The molecule has 2 aromatic heterocycles. The van der Waals surface area contributed by atoms with E-state index in [4.69, 9.17) is 9.47 Å². The molecule has 0 unspecified atom stereocenters. The van der Waals surface area contributed by atoms with Crippen LogP contribution in [0.3, 0.4) is 0 Å². The van der Waals surface area contributed by atoms with Gasteiger partial charge in [0.25, 0.3) is 0 Å². The number of rotatable bonds is 4. The van der Waals surface area contributed by atoms with E-state index in [1.54, 1.807) is 18.2 Å². The van der Waals surface area contributed by atoms with Gasteiger partial charge in [0, 0.05) is 23.4 Å². The van der Waals surface area contributed by atoms with Crippen molar-refractivity contribution in [2.24, 2.45) is 5.41 Å². The van der Waals surface area contributed by atoms with E-state index in [1.165, 1.54) is 18.3 Å². The van der Waals surface area contributed by atoms with E-state index in [0.29, 0.717) is 41.7 Å². The molecule has 0 spiro atoms. The van der Waals surface area contributed by atoms with Gasteiger partial charge in [0.05, 0.1) is 30.3 Å². The van der Waals surface area contributed by atoms with Crippen LogP contribution in [0, 0.1) is 11.2 Å². The molecule has 0 amide bonds. The molecular formula is C20H21FN4O4S. The Bertz CT molecular complexity index is 1170. The number of aromatic amines is 1. The first kappa shape index (κ1) is 20.6. The quantitative estimate of drug-likeness (QED) is 0.631. The molecule has 0 saturated carbocycles. The molecule has 3 heterocycles. The maximum absolute atomic E-state index is 13.4. The van der Waals surface area contributed by atoms with Crippen LogP contribution in [0.1, 0.15) is 26.0 Å². The summed E-state index contributed by atoms with van der Waals surface area (Å²) in [5, 5.41) is -0.298. The first-order valence-electron chi connectivity index (χ1n) is 9.25. The number of hydrogen-bond acceptors (Lipinski definition) is 7. The fraction of sp³-hybridized carbons (Fsp3) is 0.350. The fourth-order valence-electron chi connectivity index (χ4n) is 3.01. The second-order valence-electron chi connectivity index (χ2n) is 7.97. The highest BCUT2D eigenvalue weighted by molar-refractivity contribution is 7.90. The Kier molecular flexibility index (Phi) is 5.16. The summed E-state index contributed by atoms with van der Waals surface area (Å²) in [5.41, 5.74) is 1.79. The molecule has 0 radical (unpaired) electrons. The van der Waals surface area contributed by atoms with Crippen LogP contribution in [-0.4, -0.2) is 47.8 Å². The smallest absolute Gasteiger partial charge is 0.247 e. The van der Waals surface area contributed by atoms with Crippen LogP contribution in [0.25, 0.3) is 22.6 Å². The molecule has 0 atom stereocenters. The van der Waals surface area contributed by atoms with Gasteiger partial charge in [-0.05, 0) is 30.3 Å². The van der Waals surface area contributed by atoms with Crippen molar-refractivity contribution < 1.29 is 22.3 Å². The summed E-state index contributed by atoms with van der Waals surface area (Å²) in [4.78, 5) is 15.8. The number of ether oxygens (including phenoxy) is 2. The topological polar surface area (TPSA) is 107 Å². The predicted octanol–water partition coefficient (Wildman–Crippen LogP) is 3.15. The Labute approximate surface area is 173 Å². The minimum Gasteiger partial charge on any atom is -0.345 e. The lowest BCUT2D eigenvalue weighted by Gasteiger charge is -2.33. The maximum Gasteiger partial charge on any atom is 0.247 e. The van der Waals surface area contributed by atoms with Crippen molar-refractivity contribution >= 4 is 9.84 Å². The third kappa shape index (κ3) is 4.25. The van der Waals surface area contributed by atoms with Gasteiger partial charge in [-0.25, -0.2) is 27.8 Å². The Morgan fingerprint density at radius 1 is 1.10 bits per heavy atom. The largest absolute Gasteiger partial charge is 0.345 e. The third-order valence-electron chi connectivity index (χ3n) is 4.54. The summed E-state index contributed by atoms with van der Waals surface area (Å²) in [7, 11) is -3.60. The molecule has 158 valence electrons. The number of benzene rings is 1. The lowest BCUT2D eigenvalue weighted by Crippen LogP contribution is -2.34. The average molecular weight is 432 g/mol. The number of imidazole rings is 1. The summed E-state index contributed by atoms with van der Waals surface area (Å²) >= 11 is 0. The van der Waals surface area contributed by atoms with E-state index in [9.17, 15) is 12.8 Å². The van der Waals surface area contributed by atoms with Gasteiger partial charge in [-0.1, -0.05) is 13.8 Å². The standard InChI is InChI=1S/C20H21FN4O4S/c1-20(2)10-28-18(29-11-20)17-24-15(12-4-6-13(21)7-5-12)16(25-17)14-8-9-22-19(23-14)30(3,26)27/h4-9,18H,10-11H2,1-3H3,(H,24,25). The van der Waals surface area contributed by atoms with Crippen molar-refractivity contribution in [2.75, 3.05) is 19.5 Å². The first-order chi connectivity index (χ1) is 14.1. The van der Waals surface area contributed by atoms with Crippen molar-refractivity contribution in [3.8, 4) is 22.6 Å². The van der Waals surface area contributed by atoms with Gasteiger partial charge in [-0.15, -0.1) is 0 Å². The highest BCUT2D eigenvalue weighted by Gasteiger charge is 2.32. The predicted molar refractivity (Wildman–Crippen MR) is 107 cm³/mol. The van der Waals surface area contributed by atoms with Crippen LogP contribution < -0.4 is 0 Å². The van der Waals surface area contributed by atoms with E-state index in [2.05, 4.69) is 19.9 Å². The molecule has 1 N–H and O–H groups in total. The van der Waals surface area contributed by atoms with E-state index in [-0.39, 0.29) is 16.4 Å². The second kappa shape index (κ2) is 7.53. The molecule has 1 fully saturated rings. The molecule has 3 aromatic rings. The Balaban J connectivity index is 1.80. The summed E-state index contributed by atoms with van der Waals surface area (Å²) < 4.78 is 48.8. The monoisotopic (exact) mass is 432 g/mol. The number of nitrogens with zero attached hydrogens (tertiary/aromatic N) is 3. The van der Waals surface area contributed by atoms with Crippen LogP contribution in [0.5, 0.6) is 0 Å². The van der Waals surface area contributed by atoms with E-state index >= 15 is 0 Å². The third-order valence-corrected chi connectivity index (χ3v) is 5.40. The average Bonchev–Trinajstić information content (AvgIpc) is 3.13. The zero-order valence-electron chi connectivity index (χ0n) is 16.7. The van der Waals surface area contributed by atoms with Crippen LogP contribution in [0.15, 0.2) is 41.7 Å². The van der Waals surface area contributed by atoms with E-state index in [1.807, 2.05) is 13.8 Å². The Hall–Kier alpha value is -2.69. The minimum absolute atomic E-state index is 0.108. The molecule has 1 aromatic carbocycles. The van der Waals surface area contributed by atoms with Gasteiger partial charge in [0.1, 0.15) is 5.82 Å². The van der Waals surface area contributed by atoms with Crippen LogP contribution in [0.4, 0.5) is 4.39 Å². The summed E-state index contributed by atoms with van der Waals surface area (Å²) in [6.07, 6.45) is 1.70. The molecule has 10 heteroatoms. The number of aromatic nitrogens is 4. The highest BCUT2D eigenvalue weighted by atomic mass is 32.2. The van der Waals surface area contributed by atoms with Gasteiger partial charge in [0.2, 0.25) is 21.3 Å². The Morgan fingerprint density at radius 2 is 1.77 bits per heavy atom. The maximum atomic E-state index is 13.4. The lowest BCUT2D eigenvalue weighted by molar-refractivity contribution is -0.229. The zero-order valence-corrected chi connectivity index (χ0v) is 17.5. The first-order valence-corrected chi connectivity index (χ1v) is 11.1. The van der Waals surface area contributed by atoms with E-state index in [0.717, 1.165) is 6.26 Å². The SMILES string of the molecule is CC1(C)COC(c2nc(-c3ccc(F)cc3)c(-c3ccnc(S(C)(=O)=O)n3)[nH]2)OC1. The van der Waals surface area contributed by atoms with Gasteiger partial charge < -0.3 is 14.5 Å². The van der Waals surface area contributed by atoms with Crippen molar-refractivity contribution in [1.29, 1.82) is 0 Å². The lowest BCUT2D eigenvalue weighted by atomic mass is 9.96. The van der Waals surface area contributed by atoms with Crippen molar-refractivity contribution in [3.05, 3.63) is 48.2 Å². The normalized spacial score (nSPS) is 17.2. The number of nitrogens with one attached hydrogen (secondary N) is 1. The van der Waals surface area contributed by atoms with Gasteiger partial charge in [-0.3, -0.25) is 0 Å². The van der Waals surface area contributed by atoms with E-state index < -0.39 is 16.1 Å². The number of H-pyrrole nitrogens is 1. The molecular weight excluding hydrogens is 411 g/mol. The highest BCUT2D eigenvalue weighted by Crippen LogP contribution is 2.35. The summed E-state index contributed by atoms with van der Waals surface area (Å²) in [5.74, 6) is 0.0398. The molecule has 4 rings (SSSR count). The summed E-state index contributed by atoms with van der Waals surface area (Å²) in [6, 6.07) is 7.40. The van der Waals surface area contributed by atoms with Crippen molar-refractivity contribution in [1.82, 2.24) is 19.9 Å². The second-order valence-corrected chi connectivity index (χ2v) is 9.88. The Morgan fingerprint density at radius 3 is 2.40 bits per heavy atom. The number of halogens is 1. The molecule has 0 bridgehead atoms. The van der Waals surface area contributed by atoms with Crippen molar-refractivity contribution in [3.63, 3.8) is 0 Å². The van der Waals surface area contributed by atoms with Gasteiger partial charge in [-0.2, -0.15) is 0 Å². The molecule has 1 aliphatic rings. The number of hydrogen-bond donors (Lipinski definition) is 1. The fourth-order valence-corrected chi connectivity index (χ4v) is 3.53. The molecule has 1 saturated heterocycles. The molecule has 30 heavy (non-hydrogen) atoms. The summed E-state index contributed by atoms with van der Waals surface area (Å²) in [6.45, 7) is 5.05. The zero-order chi connectivity index (χ0) is 21.5. The van der Waals surface area contributed by atoms with Crippen LogP contribution in [-0.2, 0) is 19.3 Å². The van der Waals surface area contributed by atoms with Crippen LogP contribution in [0.2, 0.25) is 0 Å².